The first-order chi connectivity index (χ1) is 11.1. The third-order valence-corrected chi connectivity index (χ3v) is 4.32. The van der Waals surface area contributed by atoms with Crippen LogP contribution in [0.3, 0.4) is 0 Å². The van der Waals surface area contributed by atoms with Crippen LogP contribution < -0.4 is 0 Å². The second-order valence-electron chi connectivity index (χ2n) is 5.77. The number of amides is 1. The average Bonchev–Trinajstić information content (AvgIpc) is 3.02. The number of benzene rings is 1. The largest absolute Gasteiger partial charge is 0.381 e. The molecular weight excluding hydrogens is 296 g/mol. The Morgan fingerprint density at radius 3 is 3.00 bits per heavy atom. The first kappa shape index (κ1) is 15.2. The molecule has 120 valence electrons. The van der Waals surface area contributed by atoms with Crippen LogP contribution in [-0.4, -0.2) is 32.3 Å². The molecule has 1 heterocycles. The van der Waals surface area contributed by atoms with Gasteiger partial charge in [-0.25, -0.2) is 0 Å². The van der Waals surface area contributed by atoms with Gasteiger partial charge in [0.05, 0.1) is 6.04 Å². The second kappa shape index (κ2) is 6.20. The average molecular weight is 314 g/mol. The number of carbonyl (C=O) groups is 1. The Morgan fingerprint density at radius 2 is 2.26 bits per heavy atom. The molecule has 23 heavy (non-hydrogen) atoms. The molecule has 0 radical (unpaired) electrons. The van der Waals surface area contributed by atoms with Crippen LogP contribution in [0.5, 0.6) is 0 Å². The third-order valence-electron chi connectivity index (χ3n) is 4.32. The molecule has 1 aromatic heterocycles. The van der Waals surface area contributed by atoms with Gasteiger partial charge in [0.15, 0.2) is 0 Å². The van der Waals surface area contributed by atoms with E-state index in [1.54, 1.807) is 11.9 Å². The van der Waals surface area contributed by atoms with E-state index in [-0.39, 0.29) is 24.3 Å². The lowest BCUT2D eigenvalue weighted by Crippen LogP contribution is -2.35. The SMILES string of the molecule is CN(C(=O)Cn1cnc([N+](=O)[O-])c1)C1CCCc2ccccc21. The molecule has 1 unspecified atom stereocenters. The van der Waals surface area contributed by atoms with Crippen molar-refractivity contribution in [3.63, 3.8) is 0 Å². The van der Waals surface area contributed by atoms with Gasteiger partial charge in [0.1, 0.15) is 12.7 Å². The summed E-state index contributed by atoms with van der Waals surface area (Å²) in [6.07, 6.45) is 5.63. The normalized spacial score (nSPS) is 16.7. The van der Waals surface area contributed by atoms with Gasteiger partial charge in [-0.1, -0.05) is 24.3 Å². The van der Waals surface area contributed by atoms with Crippen molar-refractivity contribution in [2.24, 2.45) is 0 Å². The molecule has 1 atom stereocenters. The first-order valence-electron chi connectivity index (χ1n) is 7.56. The summed E-state index contributed by atoms with van der Waals surface area (Å²) in [5, 5.41) is 10.7. The van der Waals surface area contributed by atoms with Crippen LogP contribution in [0.1, 0.15) is 30.0 Å². The molecule has 0 saturated carbocycles. The maximum absolute atomic E-state index is 12.5. The predicted molar refractivity (Wildman–Crippen MR) is 83.8 cm³/mol. The van der Waals surface area contributed by atoms with E-state index in [4.69, 9.17) is 0 Å². The molecule has 3 rings (SSSR count). The Balaban J connectivity index is 1.74. The number of nitrogens with zero attached hydrogens (tertiary/aromatic N) is 4. The number of hydrogen-bond acceptors (Lipinski definition) is 4. The standard InChI is InChI=1S/C16H18N4O3/c1-18(14-8-4-6-12-5-2-3-7-13(12)14)16(21)10-19-9-15(17-11-19)20(22)23/h2-3,5,7,9,11,14H,4,6,8,10H2,1H3. The summed E-state index contributed by atoms with van der Waals surface area (Å²) >= 11 is 0. The number of hydrogen-bond donors (Lipinski definition) is 0. The zero-order valence-electron chi connectivity index (χ0n) is 12.9. The van der Waals surface area contributed by atoms with Crippen molar-refractivity contribution in [1.29, 1.82) is 0 Å². The van der Waals surface area contributed by atoms with E-state index in [9.17, 15) is 14.9 Å². The van der Waals surface area contributed by atoms with E-state index in [0.29, 0.717) is 0 Å². The number of rotatable bonds is 4. The molecule has 0 saturated heterocycles. The van der Waals surface area contributed by atoms with E-state index in [2.05, 4.69) is 17.1 Å². The predicted octanol–water partition coefficient (Wildman–Crippen LogP) is 2.33. The number of nitro groups is 1. The van der Waals surface area contributed by atoms with Crippen LogP contribution in [0.15, 0.2) is 36.8 Å². The summed E-state index contributed by atoms with van der Waals surface area (Å²) in [5.74, 6) is -0.331. The zero-order valence-corrected chi connectivity index (χ0v) is 12.9. The van der Waals surface area contributed by atoms with Gasteiger partial charge >= 0.3 is 5.82 Å². The number of likely N-dealkylation sites (N-methyl/N-ethyl adjacent to an activating group) is 1. The van der Waals surface area contributed by atoms with Gasteiger partial charge in [0.2, 0.25) is 12.2 Å². The van der Waals surface area contributed by atoms with Crippen LogP contribution in [0, 0.1) is 10.1 Å². The lowest BCUT2D eigenvalue weighted by atomic mass is 9.87. The fourth-order valence-electron chi connectivity index (χ4n) is 3.10. The molecule has 1 aromatic carbocycles. The lowest BCUT2D eigenvalue weighted by Gasteiger charge is -2.33. The van der Waals surface area contributed by atoms with E-state index < -0.39 is 4.92 Å². The molecule has 1 aliphatic rings. The monoisotopic (exact) mass is 314 g/mol. The second-order valence-corrected chi connectivity index (χ2v) is 5.77. The Labute approximate surface area is 133 Å². The molecule has 1 amide bonds. The molecule has 0 fully saturated rings. The number of carbonyl (C=O) groups excluding carboxylic acids is 1. The van der Waals surface area contributed by atoms with Crippen molar-refractivity contribution in [1.82, 2.24) is 14.5 Å². The highest BCUT2D eigenvalue weighted by molar-refractivity contribution is 5.76. The summed E-state index contributed by atoms with van der Waals surface area (Å²) in [6.45, 7) is 0.0516. The summed E-state index contributed by atoms with van der Waals surface area (Å²) in [7, 11) is 1.79. The maximum atomic E-state index is 12.5. The first-order valence-corrected chi connectivity index (χ1v) is 7.56. The van der Waals surface area contributed by atoms with Crippen molar-refractivity contribution in [2.75, 3.05) is 7.05 Å². The number of imidazole rings is 1. The number of aryl methyl sites for hydroxylation is 1. The van der Waals surface area contributed by atoms with Crippen molar-refractivity contribution in [3.8, 4) is 0 Å². The maximum Gasteiger partial charge on any atom is 0.381 e. The van der Waals surface area contributed by atoms with Gasteiger partial charge in [-0.15, -0.1) is 0 Å². The molecule has 0 bridgehead atoms. The topological polar surface area (TPSA) is 81.3 Å². The molecule has 0 N–H and O–H groups in total. The quantitative estimate of drug-likeness (QED) is 0.640. The van der Waals surface area contributed by atoms with Gasteiger partial charge in [-0.3, -0.25) is 4.79 Å². The van der Waals surface area contributed by atoms with Gasteiger partial charge in [0.25, 0.3) is 0 Å². The fraction of sp³-hybridized carbons (Fsp3) is 0.375. The highest BCUT2D eigenvalue weighted by atomic mass is 16.6. The minimum Gasteiger partial charge on any atom is -0.358 e. The Hall–Kier alpha value is -2.70. The fourth-order valence-corrected chi connectivity index (χ4v) is 3.10. The molecule has 7 heteroatoms. The zero-order chi connectivity index (χ0) is 16.4. The minimum atomic E-state index is -0.567. The van der Waals surface area contributed by atoms with Gasteiger partial charge in [-0.05, 0) is 40.3 Å². The van der Waals surface area contributed by atoms with Crippen molar-refractivity contribution in [3.05, 3.63) is 58.0 Å². The molecule has 1 aliphatic carbocycles. The molecular formula is C16H18N4O3. The van der Waals surface area contributed by atoms with Crippen LogP contribution in [0.4, 0.5) is 5.82 Å². The summed E-state index contributed by atoms with van der Waals surface area (Å²) in [5.41, 5.74) is 2.49. The van der Waals surface area contributed by atoms with Crippen molar-refractivity contribution >= 4 is 11.7 Å². The highest BCUT2D eigenvalue weighted by Crippen LogP contribution is 2.33. The van der Waals surface area contributed by atoms with Crippen LogP contribution >= 0.6 is 0 Å². The summed E-state index contributed by atoms with van der Waals surface area (Å²) in [4.78, 5) is 28.0. The molecule has 2 aromatic rings. The number of fused-ring (bicyclic) bond motifs is 1. The third kappa shape index (κ3) is 3.08. The Morgan fingerprint density at radius 1 is 1.48 bits per heavy atom. The van der Waals surface area contributed by atoms with Crippen LogP contribution in [0.2, 0.25) is 0 Å². The lowest BCUT2D eigenvalue weighted by molar-refractivity contribution is -0.389. The van der Waals surface area contributed by atoms with E-state index in [1.807, 2.05) is 12.1 Å². The molecule has 0 spiro atoms. The molecule has 0 aliphatic heterocycles. The van der Waals surface area contributed by atoms with Gasteiger partial charge in [0, 0.05) is 7.05 Å². The smallest absolute Gasteiger partial charge is 0.358 e. The minimum absolute atomic E-state index is 0.0516. The van der Waals surface area contributed by atoms with E-state index in [1.165, 1.54) is 28.2 Å². The van der Waals surface area contributed by atoms with Gasteiger partial charge in [-0.2, -0.15) is 0 Å². The Kier molecular flexibility index (Phi) is 4.10. The van der Waals surface area contributed by atoms with Crippen molar-refractivity contribution in [2.45, 2.75) is 31.8 Å². The Bertz CT molecular complexity index is 740. The van der Waals surface area contributed by atoms with Crippen LogP contribution in [-0.2, 0) is 17.8 Å². The van der Waals surface area contributed by atoms with E-state index >= 15 is 0 Å². The summed E-state index contributed by atoms with van der Waals surface area (Å²) < 4.78 is 1.45. The highest BCUT2D eigenvalue weighted by Gasteiger charge is 2.26. The van der Waals surface area contributed by atoms with Gasteiger partial charge < -0.3 is 19.6 Å². The summed E-state index contributed by atoms with van der Waals surface area (Å²) in [6, 6.07) is 8.26. The van der Waals surface area contributed by atoms with E-state index in [0.717, 1.165) is 19.3 Å². The number of aromatic nitrogens is 2. The van der Waals surface area contributed by atoms with Crippen LogP contribution in [0.25, 0.3) is 0 Å². The van der Waals surface area contributed by atoms with Crippen molar-refractivity contribution < 1.29 is 9.72 Å². The molecule has 7 nitrogen and oxygen atoms in total.